The molecule has 2 aromatic carbocycles. The fraction of sp³-hybridized carbons (Fsp3) is 0.385. The van der Waals surface area contributed by atoms with E-state index < -0.39 is 17.3 Å². The molecule has 0 atom stereocenters. The molecule has 1 aromatic heterocycles. The lowest BCUT2D eigenvalue weighted by molar-refractivity contribution is -0.119. The quantitative estimate of drug-likeness (QED) is 0.498. The van der Waals surface area contributed by atoms with Gasteiger partial charge in [0.05, 0.1) is 31.7 Å². The normalized spacial score (nSPS) is 14.0. The van der Waals surface area contributed by atoms with Crippen molar-refractivity contribution in [3.05, 3.63) is 68.4 Å². The topological polar surface area (TPSA) is 132 Å². The van der Waals surface area contributed by atoms with Crippen LogP contribution in [-0.4, -0.2) is 58.5 Å². The van der Waals surface area contributed by atoms with Crippen LogP contribution in [0.4, 0.5) is 4.79 Å². The molecule has 2 amide bonds. The van der Waals surface area contributed by atoms with Crippen molar-refractivity contribution in [2.75, 3.05) is 27.3 Å². The summed E-state index contributed by atoms with van der Waals surface area (Å²) in [7, 11) is 3.04. The molecule has 3 aromatic rings. The van der Waals surface area contributed by atoms with Crippen LogP contribution in [-0.2, 0) is 17.9 Å². The molecule has 11 nitrogen and oxygen atoms in total. The van der Waals surface area contributed by atoms with E-state index in [0.29, 0.717) is 53.9 Å². The smallest absolute Gasteiger partial charge is 0.407 e. The largest absolute Gasteiger partial charge is 0.493 e. The van der Waals surface area contributed by atoms with E-state index >= 15 is 0 Å². The predicted octanol–water partition coefficient (Wildman–Crippen LogP) is 2.18. The first-order chi connectivity index (χ1) is 17.7. The van der Waals surface area contributed by atoms with Crippen molar-refractivity contribution in [2.24, 2.45) is 0 Å². The number of carbonyl (C=O) groups is 2. The van der Waals surface area contributed by atoms with Crippen LogP contribution in [0.5, 0.6) is 11.5 Å². The highest BCUT2D eigenvalue weighted by molar-refractivity contribution is 5.79. The summed E-state index contributed by atoms with van der Waals surface area (Å²) in [6.45, 7) is 2.26. The van der Waals surface area contributed by atoms with Gasteiger partial charge in [-0.25, -0.2) is 9.59 Å². The first-order valence-corrected chi connectivity index (χ1v) is 11.9. The summed E-state index contributed by atoms with van der Waals surface area (Å²) >= 11 is 0. The van der Waals surface area contributed by atoms with Crippen LogP contribution in [0.2, 0.25) is 0 Å². The lowest BCUT2D eigenvalue weighted by atomic mass is 10.0. The number of aromatic nitrogens is 2. The molecule has 0 saturated carbocycles. The Balaban J connectivity index is 1.84. The Morgan fingerprint density at radius 3 is 2.30 bits per heavy atom. The van der Waals surface area contributed by atoms with Crippen LogP contribution >= 0.6 is 0 Å². The zero-order chi connectivity index (χ0) is 26.7. The Kier molecular flexibility index (Phi) is 7.51. The minimum Gasteiger partial charge on any atom is -0.493 e. The van der Waals surface area contributed by atoms with Gasteiger partial charge in [0, 0.05) is 32.6 Å². The van der Waals surface area contributed by atoms with Gasteiger partial charge in [0.25, 0.3) is 5.56 Å². The average molecular weight is 511 g/mol. The van der Waals surface area contributed by atoms with E-state index in [2.05, 4.69) is 5.32 Å². The van der Waals surface area contributed by atoms with Gasteiger partial charge in [0.2, 0.25) is 5.91 Å². The highest BCUT2D eigenvalue weighted by Crippen LogP contribution is 2.28. The molecule has 196 valence electrons. The van der Waals surface area contributed by atoms with Gasteiger partial charge >= 0.3 is 11.8 Å². The van der Waals surface area contributed by atoms with Gasteiger partial charge in [0.15, 0.2) is 11.5 Å². The third kappa shape index (κ3) is 5.30. The Bertz CT molecular complexity index is 1450. The molecule has 0 unspecified atom stereocenters. The second-order valence-corrected chi connectivity index (χ2v) is 9.00. The summed E-state index contributed by atoms with van der Waals surface area (Å²) < 4.78 is 13.5. The molecule has 37 heavy (non-hydrogen) atoms. The van der Waals surface area contributed by atoms with Gasteiger partial charge in [0.1, 0.15) is 0 Å². The molecule has 2 N–H and O–H groups in total. The van der Waals surface area contributed by atoms with Crippen molar-refractivity contribution >= 4 is 22.9 Å². The molecular formula is C26H30N4O7. The lowest BCUT2D eigenvalue weighted by Crippen LogP contribution is -2.45. The number of hydrogen-bond acceptors (Lipinski definition) is 6. The Labute approximate surface area is 212 Å². The molecule has 1 saturated heterocycles. The van der Waals surface area contributed by atoms with Gasteiger partial charge in [-0.15, -0.1) is 0 Å². The number of piperidine rings is 1. The first kappa shape index (κ1) is 25.8. The lowest BCUT2D eigenvalue weighted by Gasteiger charge is -2.32. The van der Waals surface area contributed by atoms with Gasteiger partial charge in [-0.3, -0.25) is 18.7 Å². The zero-order valence-electron chi connectivity index (χ0n) is 21.0. The Morgan fingerprint density at radius 2 is 1.68 bits per heavy atom. The fourth-order valence-electron chi connectivity index (χ4n) is 4.74. The number of methoxy groups -OCH3 is 2. The van der Waals surface area contributed by atoms with Crippen LogP contribution in [0.3, 0.4) is 0 Å². The standard InChI is InChI=1S/C26H30N4O7/c1-16(31)27-14-17-4-6-21-20(12-17)24(32)29(15-18-5-7-22(36-2)23(13-18)37-3)25(33)30(21)19-8-10-28(11-9-19)26(34)35/h4-7,12-13,19H,8-11,14-15H2,1-3H3,(H,27,31)(H,34,35). The number of fused-ring (bicyclic) bond motifs is 1. The zero-order valence-corrected chi connectivity index (χ0v) is 21.0. The van der Waals surface area contributed by atoms with E-state index in [1.165, 1.54) is 30.6 Å². The minimum atomic E-state index is -0.989. The fourth-order valence-corrected chi connectivity index (χ4v) is 4.74. The summed E-state index contributed by atoms with van der Waals surface area (Å²) in [4.78, 5) is 51.5. The molecule has 4 rings (SSSR count). The second-order valence-electron chi connectivity index (χ2n) is 9.00. The van der Waals surface area contributed by atoms with Gasteiger partial charge in [-0.1, -0.05) is 12.1 Å². The number of hydrogen-bond donors (Lipinski definition) is 2. The van der Waals surface area contributed by atoms with E-state index in [4.69, 9.17) is 9.47 Å². The molecule has 1 fully saturated rings. The molecule has 0 radical (unpaired) electrons. The van der Waals surface area contributed by atoms with Crippen LogP contribution in [0, 0.1) is 0 Å². The highest BCUT2D eigenvalue weighted by Gasteiger charge is 2.27. The molecule has 0 bridgehead atoms. The summed E-state index contributed by atoms with van der Waals surface area (Å²) in [5.74, 6) is 0.816. The van der Waals surface area contributed by atoms with E-state index in [0.717, 1.165) is 5.56 Å². The average Bonchev–Trinajstić information content (AvgIpc) is 2.90. The number of rotatable bonds is 7. The molecule has 0 aliphatic carbocycles. The highest BCUT2D eigenvalue weighted by atomic mass is 16.5. The van der Waals surface area contributed by atoms with Gasteiger partial charge < -0.3 is 24.8 Å². The van der Waals surface area contributed by atoms with Crippen molar-refractivity contribution in [1.29, 1.82) is 0 Å². The van der Waals surface area contributed by atoms with Crippen molar-refractivity contribution in [1.82, 2.24) is 19.4 Å². The van der Waals surface area contributed by atoms with E-state index in [-0.39, 0.29) is 25.0 Å². The molecule has 0 spiro atoms. The summed E-state index contributed by atoms with van der Waals surface area (Å²) in [6.07, 6.45) is -0.0933. The van der Waals surface area contributed by atoms with Crippen molar-refractivity contribution in [3.63, 3.8) is 0 Å². The minimum absolute atomic E-state index is 0.0118. The molecule has 1 aliphatic rings. The molecular weight excluding hydrogens is 480 g/mol. The summed E-state index contributed by atoms with van der Waals surface area (Å²) in [5, 5.41) is 12.4. The summed E-state index contributed by atoms with van der Waals surface area (Å²) in [6, 6.07) is 10.1. The Morgan fingerprint density at radius 1 is 1.00 bits per heavy atom. The number of nitrogens with one attached hydrogen (secondary N) is 1. The maximum absolute atomic E-state index is 13.8. The maximum atomic E-state index is 13.8. The second kappa shape index (κ2) is 10.8. The van der Waals surface area contributed by atoms with E-state index in [9.17, 15) is 24.3 Å². The number of carbonyl (C=O) groups excluding carboxylic acids is 1. The van der Waals surface area contributed by atoms with Crippen LogP contribution in [0.1, 0.15) is 36.9 Å². The van der Waals surface area contributed by atoms with Crippen molar-refractivity contribution in [3.8, 4) is 11.5 Å². The number of carboxylic acid groups (broad SMARTS) is 1. The van der Waals surface area contributed by atoms with Crippen molar-refractivity contribution in [2.45, 2.75) is 38.9 Å². The molecule has 2 heterocycles. The maximum Gasteiger partial charge on any atom is 0.407 e. The van der Waals surface area contributed by atoms with Gasteiger partial charge in [-0.2, -0.15) is 0 Å². The molecule has 1 aliphatic heterocycles. The van der Waals surface area contributed by atoms with Crippen LogP contribution < -0.4 is 26.0 Å². The SMILES string of the molecule is COc1ccc(Cn2c(=O)c3cc(CNC(C)=O)ccc3n(C3CCN(C(=O)O)CC3)c2=O)cc1OC. The molecule has 11 heteroatoms. The predicted molar refractivity (Wildman–Crippen MR) is 137 cm³/mol. The number of nitrogens with zero attached hydrogens (tertiary/aromatic N) is 3. The summed E-state index contributed by atoms with van der Waals surface area (Å²) in [5.41, 5.74) is 0.981. The van der Waals surface area contributed by atoms with Crippen LogP contribution in [0.15, 0.2) is 46.0 Å². The monoisotopic (exact) mass is 510 g/mol. The number of amides is 2. The number of benzene rings is 2. The first-order valence-electron chi connectivity index (χ1n) is 11.9. The third-order valence-electron chi connectivity index (χ3n) is 6.66. The van der Waals surface area contributed by atoms with Gasteiger partial charge in [-0.05, 0) is 48.2 Å². The third-order valence-corrected chi connectivity index (χ3v) is 6.66. The van der Waals surface area contributed by atoms with E-state index in [1.807, 2.05) is 0 Å². The Hall–Kier alpha value is -4.28. The number of likely N-dealkylation sites (tertiary alicyclic amines) is 1. The van der Waals surface area contributed by atoms with Crippen LogP contribution in [0.25, 0.3) is 10.9 Å². The number of ether oxygens (including phenoxy) is 2. The van der Waals surface area contributed by atoms with Crippen molar-refractivity contribution < 1.29 is 24.2 Å². The van der Waals surface area contributed by atoms with E-state index in [1.54, 1.807) is 41.0 Å².